The van der Waals surface area contributed by atoms with Crippen molar-refractivity contribution in [2.45, 2.75) is 276 Å². The lowest BCUT2D eigenvalue weighted by Crippen LogP contribution is -2.46. The minimum Gasteiger partial charge on any atom is -0.756 e. The molecule has 0 aromatic carbocycles. The van der Waals surface area contributed by atoms with Crippen LogP contribution in [0.25, 0.3) is 0 Å². The number of aliphatic hydroxyl groups excluding tert-OH is 1. The summed E-state index contributed by atoms with van der Waals surface area (Å²) in [5.74, 6) is -0.222. The summed E-state index contributed by atoms with van der Waals surface area (Å²) in [4.78, 5) is 25.5. The Morgan fingerprint density at radius 2 is 0.822 bits per heavy atom. The van der Waals surface area contributed by atoms with Gasteiger partial charge in [0.25, 0.3) is 7.82 Å². The first-order valence-corrected chi connectivity index (χ1v) is 31.9. The Balaban J connectivity index is 4.22. The molecule has 0 aliphatic heterocycles. The topological polar surface area (TPSA) is 108 Å². The molecule has 0 aromatic heterocycles. The molecule has 9 heteroatoms. The number of nitrogens with zero attached hydrogens (tertiary/aromatic N) is 1. The summed E-state index contributed by atoms with van der Waals surface area (Å²) >= 11 is 0. The molecule has 0 saturated heterocycles. The fourth-order valence-electron chi connectivity index (χ4n) is 8.68. The zero-order valence-electron chi connectivity index (χ0n) is 48.3. The van der Waals surface area contributed by atoms with E-state index in [1.807, 2.05) is 21.1 Å². The van der Waals surface area contributed by atoms with Crippen LogP contribution in [-0.2, 0) is 18.4 Å². The highest BCUT2D eigenvalue weighted by Crippen LogP contribution is 2.38. The molecule has 0 radical (unpaired) electrons. The zero-order chi connectivity index (χ0) is 53.5. The third-order valence-corrected chi connectivity index (χ3v) is 14.4. The SMILES string of the molecule is CC/C=C\C/C=C\C/C=C\C/C=C\C/C=C\C/C=C\C/C=C\CCCC(=O)NC(COP(=O)([O-])OCC[N+](C)(C)C)C(O)CCCCCCCCCCCCCCCCCCCCCCCCCCCCCC. The van der Waals surface area contributed by atoms with Gasteiger partial charge < -0.3 is 28.8 Å². The largest absolute Gasteiger partial charge is 0.756 e. The summed E-state index contributed by atoms with van der Waals surface area (Å²) in [6.45, 7) is 4.58. The molecule has 2 N–H and O–H groups in total. The number of aliphatic hydroxyl groups is 1. The summed E-state index contributed by atoms with van der Waals surface area (Å²) in [6.07, 6.45) is 76.4. The lowest BCUT2D eigenvalue weighted by Gasteiger charge is -2.30. The first-order valence-electron chi connectivity index (χ1n) is 30.4. The number of phosphoric acid groups is 1. The second kappa shape index (κ2) is 54.5. The Labute approximate surface area is 452 Å². The summed E-state index contributed by atoms with van der Waals surface area (Å²) < 4.78 is 23.4. The Hall–Kier alpha value is -2.32. The third kappa shape index (κ3) is 57.2. The van der Waals surface area contributed by atoms with Crippen molar-refractivity contribution in [2.24, 2.45) is 0 Å². The summed E-state index contributed by atoms with van der Waals surface area (Å²) in [5.41, 5.74) is 0. The maximum absolute atomic E-state index is 13.0. The second-order valence-corrected chi connectivity index (χ2v) is 23.1. The molecular weight excluding hydrogens is 924 g/mol. The van der Waals surface area contributed by atoms with Crippen molar-refractivity contribution >= 4 is 13.7 Å². The van der Waals surface area contributed by atoms with Crippen LogP contribution in [0.3, 0.4) is 0 Å². The number of phosphoric ester groups is 1. The number of amides is 1. The predicted octanol–water partition coefficient (Wildman–Crippen LogP) is 18.2. The fraction of sp³-hybridized carbons (Fsp3) is 0.766. The van der Waals surface area contributed by atoms with Gasteiger partial charge in [-0.25, -0.2) is 0 Å². The highest BCUT2D eigenvalue weighted by Gasteiger charge is 2.24. The van der Waals surface area contributed by atoms with Gasteiger partial charge in [-0.15, -0.1) is 0 Å². The van der Waals surface area contributed by atoms with Gasteiger partial charge in [-0.3, -0.25) is 9.36 Å². The molecular formula is C64H117N2O6P. The van der Waals surface area contributed by atoms with Crippen LogP contribution in [0.1, 0.15) is 264 Å². The number of quaternary nitrogens is 1. The van der Waals surface area contributed by atoms with Crippen molar-refractivity contribution in [3.05, 3.63) is 85.1 Å². The Bertz CT molecular complexity index is 1460. The van der Waals surface area contributed by atoms with E-state index in [1.165, 1.54) is 161 Å². The van der Waals surface area contributed by atoms with Crippen molar-refractivity contribution < 1.29 is 32.9 Å². The number of allylic oxidation sites excluding steroid dienone is 14. The highest BCUT2D eigenvalue weighted by molar-refractivity contribution is 7.45. The van der Waals surface area contributed by atoms with Gasteiger partial charge in [0.2, 0.25) is 5.91 Å². The lowest BCUT2D eigenvalue weighted by atomic mass is 10.0. The number of carbonyl (C=O) groups excluding carboxylic acids is 1. The Kier molecular flexibility index (Phi) is 52.7. The van der Waals surface area contributed by atoms with Gasteiger partial charge in [0.05, 0.1) is 39.9 Å². The first kappa shape index (κ1) is 70.7. The number of hydrogen-bond donors (Lipinski definition) is 2. The zero-order valence-corrected chi connectivity index (χ0v) is 49.2. The maximum Gasteiger partial charge on any atom is 0.268 e. The molecule has 0 aliphatic rings. The molecule has 0 heterocycles. The molecule has 0 aliphatic carbocycles. The fourth-order valence-corrected chi connectivity index (χ4v) is 9.40. The number of hydrogen-bond acceptors (Lipinski definition) is 6. The average molecular weight is 1040 g/mol. The van der Waals surface area contributed by atoms with E-state index < -0.39 is 20.0 Å². The highest BCUT2D eigenvalue weighted by atomic mass is 31.2. The molecule has 8 nitrogen and oxygen atoms in total. The molecule has 0 aromatic rings. The van der Waals surface area contributed by atoms with Crippen molar-refractivity contribution in [3.8, 4) is 0 Å². The molecule has 0 bridgehead atoms. The van der Waals surface area contributed by atoms with Crippen LogP contribution in [0, 0.1) is 0 Å². The molecule has 3 unspecified atom stereocenters. The quantitative estimate of drug-likeness (QED) is 0.0272. The summed E-state index contributed by atoms with van der Waals surface area (Å²) in [6, 6.07) is -0.839. The Morgan fingerprint density at radius 1 is 0.493 bits per heavy atom. The smallest absolute Gasteiger partial charge is 0.268 e. The maximum atomic E-state index is 13.0. The van der Waals surface area contributed by atoms with Gasteiger partial charge in [0, 0.05) is 6.42 Å². The number of unbranched alkanes of at least 4 members (excludes halogenated alkanes) is 28. The van der Waals surface area contributed by atoms with Crippen LogP contribution in [0.4, 0.5) is 0 Å². The van der Waals surface area contributed by atoms with Gasteiger partial charge >= 0.3 is 0 Å². The molecule has 424 valence electrons. The van der Waals surface area contributed by atoms with E-state index in [4.69, 9.17) is 9.05 Å². The normalized spacial score (nSPS) is 14.5. The van der Waals surface area contributed by atoms with E-state index in [0.29, 0.717) is 23.9 Å². The van der Waals surface area contributed by atoms with Crippen LogP contribution < -0.4 is 10.2 Å². The monoisotopic (exact) mass is 1040 g/mol. The van der Waals surface area contributed by atoms with E-state index in [9.17, 15) is 19.4 Å². The molecule has 0 rings (SSSR count). The van der Waals surface area contributed by atoms with Crippen LogP contribution >= 0.6 is 7.82 Å². The summed E-state index contributed by atoms with van der Waals surface area (Å²) in [5, 5.41) is 14.0. The molecule has 0 fully saturated rings. The lowest BCUT2D eigenvalue weighted by molar-refractivity contribution is -0.870. The van der Waals surface area contributed by atoms with Gasteiger partial charge in [0.1, 0.15) is 13.2 Å². The minimum absolute atomic E-state index is 0.00288. The number of likely N-dealkylation sites (N-methyl/N-ethyl adjacent to an activating group) is 1. The van der Waals surface area contributed by atoms with Gasteiger partial charge in [0.15, 0.2) is 0 Å². The minimum atomic E-state index is -4.60. The van der Waals surface area contributed by atoms with Crippen molar-refractivity contribution in [2.75, 3.05) is 40.9 Å². The van der Waals surface area contributed by atoms with Crippen LogP contribution in [0.15, 0.2) is 85.1 Å². The van der Waals surface area contributed by atoms with E-state index in [2.05, 4.69) is 104 Å². The number of carbonyl (C=O) groups is 1. The van der Waals surface area contributed by atoms with Gasteiger partial charge in [-0.2, -0.15) is 0 Å². The van der Waals surface area contributed by atoms with Crippen molar-refractivity contribution in [1.82, 2.24) is 5.32 Å². The number of rotatable bonds is 55. The van der Waals surface area contributed by atoms with E-state index >= 15 is 0 Å². The Morgan fingerprint density at radius 3 is 1.16 bits per heavy atom. The van der Waals surface area contributed by atoms with Crippen LogP contribution in [0.2, 0.25) is 0 Å². The summed E-state index contributed by atoms with van der Waals surface area (Å²) in [7, 11) is 1.26. The van der Waals surface area contributed by atoms with Gasteiger partial charge in [-0.1, -0.05) is 279 Å². The van der Waals surface area contributed by atoms with Gasteiger partial charge in [-0.05, 0) is 64.2 Å². The van der Waals surface area contributed by atoms with E-state index in [1.54, 1.807) is 0 Å². The van der Waals surface area contributed by atoms with Crippen molar-refractivity contribution in [3.63, 3.8) is 0 Å². The molecule has 0 saturated carbocycles. The molecule has 3 atom stereocenters. The first-order chi connectivity index (χ1) is 35.5. The molecule has 73 heavy (non-hydrogen) atoms. The van der Waals surface area contributed by atoms with Crippen LogP contribution in [0.5, 0.6) is 0 Å². The average Bonchev–Trinajstić information content (AvgIpc) is 3.35. The van der Waals surface area contributed by atoms with Crippen molar-refractivity contribution in [1.29, 1.82) is 0 Å². The number of nitrogens with one attached hydrogen (secondary N) is 1. The molecule has 0 spiro atoms. The van der Waals surface area contributed by atoms with E-state index in [0.717, 1.165) is 70.6 Å². The third-order valence-electron chi connectivity index (χ3n) is 13.4. The molecule has 1 amide bonds. The standard InChI is InChI=1S/C64H117N2O6P/c1-6-8-10-12-14-16-18-20-22-24-26-28-30-31-32-33-34-36-37-39-41-43-45-47-49-51-53-55-57-63(67)62(61-72-73(69,70)71-60-59-66(3,4)5)65-64(68)58-56-54-52-50-48-46-44-42-40-38-35-29-27-25-23-21-19-17-15-13-11-9-7-2/h9,11,15,17,21,23,27,29,38,40,44,46,50,52,62-63,67H,6-8,10,12-14,16,18-20,22,24-26,28,30-37,39,41-43,45,47-49,51,53-61H2,1-5H3,(H-,65,68,69,70)/b11-9-,17-15-,23-21-,29-27-,40-38-,46-44-,52-50-. The second-order valence-electron chi connectivity index (χ2n) is 21.7. The van der Waals surface area contributed by atoms with Crippen LogP contribution in [-0.4, -0.2) is 68.5 Å². The predicted molar refractivity (Wildman–Crippen MR) is 316 cm³/mol. The van der Waals surface area contributed by atoms with E-state index in [-0.39, 0.29) is 25.5 Å².